The summed E-state index contributed by atoms with van der Waals surface area (Å²) in [4.78, 5) is 1.53. The Morgan fingerprint density at radius 1 is 1.21 bits per heavy atom. The molecule has 1 aliphatic rings. The number of likely N-dealkylation sites (tertiary alicyclic amines) is 1. The Bertz CT molecular complexity index is 186. The van der Waals surface area contributed by atoms with Crippen LogP contribution < -0.4 is 0 Å². The molecule has 2 N–H and O–H groups in total. The van der Waals surface area contributed by atoms with Crippen LogP contribution in [0.1, 0.15) is 0 Å². The Balaban J connectivity index is 2.58. The van der Waals surface area contributed by atoms with E-state index in [9.17, 15) is 13.2 Å². The fourth-order valence-corrected chi connectivity index (χ4v) is 1.84. The van der Waals surface area contributed by atoms with Gasteiger partial charge in [-0.1, -0.05) is 0 Å². The van der Waals surface area contributed by atoms with Crippen LogP contribution in [0.2, 0.25) is 0 Å². The number of rotatable bonds is 3. The topological polar surface area (TPSA) is 43.7 Å². The normalized spacial score (nSPS) is 29.8. The van der Waals surface area contributed by atoms with E-state index in [-0.39, 0.29) is 26.2 Å². The van der Waals surface area contributed by atoms with E-state index in [1.54, 1.807) is 0 Å². The first-order chi connectivity index (χ1) is 6.49. The molecular weight excluding hydrogens is 199 g/mol. The van der Waals surface area contributed by atoms with Crippen molar-refractivity contribution in [3.8, 4) is 0 Å². The van der Waals surface area contributed by atoms with Gasteiger partial charge in [0, 0.05) is 32.2 Å². The minimum Gasteiger partial charge on any atom is -0.396 e. The Hall–Kier alpha value is -0.330. The van der Waals surface area contributed by atoms with Crippen molar-refractivity contribution < 1.29 is 23.4 Å². The zero-order valence-corrected chi connectivity index (χ0v) is 7.67. The van der Waals surface area contributed by atoms with Crippen molar-refractivity contribution in [3.05, 3.63) is 0 Å². The first-order valence-corrected chi connectivity index (χ1v) is 4.49. The van der Waals surface area contributed by atoms with Crippen LogP contribution in [-0.4, -0.2) is 54.1 Å². The van der Waals surface area contributed by atoms with Gasteiger partial charge in [-0.05, 0) is 0 Å². The van der Waals surface area contributed by atoms with Crippen LogP contribution in [-0.2, 0) is 0 Å². The zero-order chi connectivity index (χ0) is 10.8. The summed E-state index contributed by atoms with van der Waals surface area (Å²) in [6.45, 7) is -0.269. The van der Waals surface area contributed by atoms with E-state index in [1.807, 2.05) is 0 Å². The molecule has 0 aliphatic carbocycles. The Morgan fingerprint density at radius 3 is 2.21 bits per heavy atom. The molecule has 0 aromatic heterocycles. The van der Waals surface area contributed by atoms with Crippen LogP contribution >= 0.6 is 0 Å². The summed E-state index contributed by atoms with van der Waals surface area (Å²) in [7, 11) is 0. The summed E-state index contributed by atoms with van der Waals surface area (Å²) in [6, 6.07) is 0. The first kappa shape index (κ1) is 11.7. The second-order valence-corrected chi connectivity index (χ2v) is 3.57. The van der Waals surface area contributed by atoms with E-state index in [2.05, 4.69) is 0 Å². The minimum absolute atomic E-state index is 0.116. The predicted molar refractivity (Wildman–Crippen MR) is 43.6 cm³/mol. The summed E-state index contributed by atoms with van der Waals surface area (Å²) in [6.07, 6.45) is -4.25. The van der Waals surface area contributed by atoms with Crippen molar-refractivity contribution in [3.63, 3.8) is 0 Å². The number of nitrogens with zero attached hydrogens (tertiary/aromatic N) is 1. The molecule has 0 amide bonds. The standard InChI is InChI=1S/C8H14F3NO2/c9-8(10,11)7-4-12(1-2-13)3-6(7)5-14/h6-7,13-14H,1-5H2. The lowest BCUT2D eigenvalue weighted by Gasteiger charge is -2.19. The number of hydrogen-bond donors (Lipinski definition) is 2. The minimum atomic E-state index is -4.25. The molecule has 3 nitrogen and oxygen atoms in total. The summed E-state index contributed by atoms with van der Waals surface area (Å²) in [5, 5.41) is 17.4. The van der Waals surface area contributed by atoms with Gasteiger partial charge in [0.25, 0.3) is 0 Å². The quantitative estimate of drug-likeness (QED) is 0.698. The van der Waals surface area contributed by atoms with Gasteiger partial charge in [0.15, 0.2) is 0 Å². The highest BCUT2D eigenvalue weighted by atomic mass is 19.4. The van der Waals surface area contributed by atoms with Crippen LogP contribution in [0.5, 0.6) is 0 Å². The summed E-state index contributed by atoms with van der Waals surface area (Å²) < 4.78 is 37.2. The number of β-amino-alcohol motifs (C(OH)–C–C–N with tert-alkyl or cyclic N) is 1. The molecule has 0 radical (unpaired) electrons. The van der Waals surface area contributed by atoms with Crippen molar-refractivity contribution in [2.75, 3.05) is 32.8 Å². The monoisotopic (exact) mass is 213 g/mol. The fourth-order valence-electron chi connectivity index (χ4n) is 1.84. The molecular formula is C8H14F3NO2. The van der Waals surface area contributed by atoms with Crippen molar-refractivity contribution in [2.45, 2.75) is 6.18 Å². The van der Waals surface area contributed by atoms with Crippen LogP contribution in [0.3, 0.4) is 0 Å². The predicted octanol–water partition coefficient (Wildman–Crippen LogP) is 0.0813. The third-order valence-electron chi connectivity index (χ3n) is 2.59. The Labute approximate surface area is 80.1 Å². The van der Waals surface area contributed by atoms with Crippen molar-refractivity contribution in [1.29, 1.82) is 0 Å². The van der Waals surface area contributed by atoms with Crippen LogP contribution in [0.4, 0.5) is 13.2 Å². The largest absolute Gasteiger partial charge is 0.396 e. The maximum atomic E-state index is 12.4. The van der Waals surface area contributed by atoms with E-state index in [0.29, 0.717) is 0 Å². The molecule has 0 bridgehead atoms. The van der Waals surface area contributed by atoms with Gasteiger partial charge in [-0.25, -0.2) is 0 Å². The Morgan fingerprint density at radius 2 is 1.86 bits per heavy atom. The number of aliphatic hydroxyl groups is 2. The molecule has 0 aromatic rings. The maximum absolute atomic E-state index is 12.4. The molecule has 1 aliphatic heterocycles. The highest BCUT2D eigenvalue weighted by molar-refractivity contribution is 4.87. The first-order valence-electron chi connectivity index (χ1n) is 4.49. The zero-order valence-electron chi connectivity index (χ0n) is 7.67. The Kier molecular flexibility index (Phi) is 3.74. The number of halogens is 3. The second kappa shape index (κ2) is 4.46. The fraction of sp³-hybridized carbons (Fsp3) is 1.00. The molecule has 84 valence electrons. The third kappa shape index (κ3) is 2.59. The SMILES string of the molecule is OCCN1CC(CO)C(C(F)(F)F)C1. The van der Waals surface area contributed by atoms with Crippen molar-refractivity contribution >= 4 is 0 Å². The molecule has 2 atom stereocenters. The van der Waals surface area contributed by atoms with E-state index in [1.165, 1.54) is 4.90 Å². The number of hydrogen-bond acceptors (Lipinski definition) is 3. The lowest BCUT2D eigenvalue weighted by Crippen LogP contribution is -2.31. The van der Waals surface area contributed by atoms with Gasteiger partial charge in [0.2, 0.25) is 0 Å². The van der Waals surface area contributed by atoms with E-state index in [0.717, 1.165) is 0 Å². The van der Waals surface area contributed by atoms with E-state index in [4.69, 9.17) is 10.2 Å². The molecule has 0 spiro atoms. The molecule has 1 saturated heterocycles. The van der Waals surface area contributed by atoms with Gasteiger partial charge >= 0.3 is 6.18 Å². The average molecular weight is 213 g/mol. The molecule has 0 aromatic carbocycles. The second-order valence-electron chi connectivity index (χ2n) is 3.57. The maximum Gasteiger partial charge on any atom is 0.393 e. The van der Waals surface area contributed by atoms with Crippen LogP contribution in [0, 0.1) is 11.8 Å². The van der Waals surface area contributed by atoms with Crippen LogP contribution in [0.15, 0.2) is 0 Å². The molecule has 6 heteroatoms. The summed E-state index contributed by atoms with van der Waals surface area (Å²) in [5.41, 5.74) is 0. The van der Waals surface area contributed by atoms with Gasteiger partial charge in [-0.2, -0.15) is 13.2 Å². The lowest BCUT2D eigenvalue weighted by atomic mass is 9.97. The third-order valence-corrected chi connectivity index (χ3v) is 2.59. The van der Waals surface area contributed by atoms with Gasteiger partial charge < -0.3 is 15.1 Å². The molecule has 1 heterocycles. The summed E-state index contributed by atoms with van der Waals surface area (Å²) >= 11 is 0. The molecule has 0 saturated carbocycles. The van der Waals surface area contributed by atoms with Crippen molar-refractivity contribution in [2.24, 2.45) is 11.8 Å². The van der Waals surface area contributed by atoms with Gasteiger partial charge in [0.05, 0.1) is 12.5 Å². The molecule has 2 unspecified atom stereocenters. The van der Waals surface area contributed by atoms with Gasteiger partial charge in [-0.3, -0.25) is 0 Å². The molecule has 14 heavy (non-hydrogen) atoms. The number of alkyl halides is 3. The highest BCUT2D eigenvalue weighted by Gasteiger charge is 2.49. The van der Waals surface area contributed by atoms with Crippen molar-refractivity contribution in [1.82, 2.24) is 4.90 Å². The molecule has 1 fully saturated rings. The lowest BCUT2D eigenvalue weighted by molar-refractivity contribution is -0.183. The smallest absolute Gasteiger partial charge is 0.393 e. The van der Waals surface area contributed by atoms with Gasteiger partial charge in [-0.15, -0.1) is 0 Å². The highest BCUT2D eigenvalue weighted by Crippen LogP contribution is 2.36. The van der Waals surface area contributed by atoms with E-state index >= 15 is 0 Å². The van der Waals surface area contributed by atoms with Crippen LogP contribution in [0.25, 0.3) is 0 Å². The average Bonchev–Trinajstić information content (AvgIpc) is 2.47. The van der Waals surface area contributed by atoms with Gasteiger partial charge in [0.1, 0.15) is 0 Å². The van der Waals surface area contributed by atoms with E-state index < -0.39 is 24.6 Å². The summed E-state index contributed by atoms with van der Waals surface area (Å²) in [5.74, 6) is -2.21. The molecule has 1 rings (SSSR count). The number of aliphatic hydroxyl groups excluding tert-OH is 2.